The van der Waals surface area contributed by atoms with Gasteiger partial charge in [-0.25, -0.2) is 0 Å². The highest BCUT2D eigenvalue weighted by Gasteiger charge is 2.24. The van der Waals surface area contributed by atoms with E-state index in [1.807, 2.05) is 0 Å². The number of thiocarbonyl (C=S) groups is 1. The molecule has 7 nitrogen and oxygen atoms in total. The standard InChI is InChI=1S/C13H9N3O4S/c17-11-9(12(18)15-13(21)14-11)6-3-5-8-4-1-2-7-10(8)16(19)20/h1-7H,(H2,14,15,17,18,21). The van der Waals surface area contributed by atoms with Gasteiger partial charge >= 0.3 is 0 Å². The molecule has 106 valence electrons. The van der Waals surface area contributed by atoms with Gasteiger partial charge in [-0.3, -0.25) is 30.3 Å². The number of nitrogens with zero attached hydrogens (tertiary/aromatic N) is 1. The van der Waals surface area contributed by atoms with Crippen molar-refractivity contribution in [1.29, 1.82) is 0 Å². The third-order valence-electron chi connectivity index (χ3n) is 2.62. The minimum Gasteiger partial charge on any atom is -0.299 e. The summed E-state index contributed by atoms with van der Waals surface area (Å²) in [6.45, 7) is 0. The molecule has 0 saturated carbocycles. The van der Waals surface area contributed by atoms with Crippen molar-refractivity contribution in [2.45, 2.75) is 0 Å². The van der Waals surface area contributed by atoms with Crippen LogP contribution in [0.15, 0.2) is 42.0 Å². The van der Waals surface area contributed by atoms with Crippen molar-refractivity contribution < 1.29 is 14.5 Å². The number of amides is 2. The Kier molecular flexibility index (Phi) is 4.19. The van der Waals surface area contributed by atoms with Gasteiger partial charge < -0.3 is 0 Å². The van der Waals surface area contributed by atoms with Gasteiger partial charge in [-0.2, -0.15) is 0 Å². The second kappa shape index (κ2) is 6.06. The van der Waals surface area contributed by atoms with Crippen LogP contribution >= 0.6 is 12.2 Å². The summed E-state index contributed by atoms with van der Waals surface area (Å²) in [7, 11) is 0. The van der Waals surface area contributed by atoms with Gasteiger partial charge in [0.2, 0.25) is 0 Å². The number of benzene rings is 1. The molecule has 8 heteroatoms. The first-order chi connectivity index (χ1) is 9.99. The summed E-state index contributed by atoms with van der Waals surface area (Å²) in [6, 6.07) is 6.13. The molecule has 1 saturated heterocycles. The zero-order valence-electron chi connectivity index (χ0n) is 10.5. The Labute approximate surface area is 124 Å². The quantitative estimate of drug-likeness (QED) is 0.286. The molecule has 0 radical (unpaired) electrons. The topological polar surface area (TPSA) is 101 Å². The largest absolute Gasteiger partial charge is 0.299 e. The van der Waals surface area contributed by atoms with E-state index in [1.54, 1.807) is 18.2 Å². The number of carbonyl (C=O) groups excluding carboxylic acids is 2. The summed E-state index contributed by atoms with van der Waals surface area (Å²) in [5.74, 6) is -1.23. The average molecular weight is 303 g/mol. The molecule has 1 aromatic rings. The van der Waals surface area contributed by atoms with Gasteiger partial charge in [0.05, 0.1) is 10.5 Å². The van der Waals surface area contributed by atoms with Crippen LogP contribution in [-0.2, 0) is 9.59 Å². The first kappa shape index (κ1) is 14.5. The van der Waals surface area contributed by atoms with Crippen LogP contribution in [-0.4, -0.2) is 21.9 Å². The minimum atomic E-state index is -0.615. The number of allylic oxidation sites excluding steroid dienone is 2. The third kappa shape index (κ3) is 3.37. The lowest BCUT2D eigenvalue weighted by atomic mass is 10.1. The van der Waals surface area contributed by atoms with E-state index in [2.05, 4.69) is 22.9 Å². The monoisotopic (exact) mass is 303 g/mol. The molecule has 2 rings (SSSR count). The number of nitro groups is 1. The summed E-state index contributed by atoms with van der Waals surface area (Å²) in [4.78, 5) is 33.5. The fourth-order valence-corrected chi connectivity index (χ4v) is 1.85. The van der Waals surface area contributed by atoms with Gasteiger partial charge in [0.15, 0.2) is 5.11 Å². The lowest BCUT2D eigenvalue weighted by molar-refractivity contribution is -0.385. The molecule has 1 heterocycles. The number of hydrogen-bond acceptors (Lipinski definition) is 5. The maximum absolute atomic E-state index is 11.6. The minimum absolute atomic E-state index is 0.0511. The predicted octanol–water partition coefficient (Wildman–Crippen LogP) is 1.07. The molecule has 1 aliphatic heterocycles. The summed E-state index contributed by atoms with van der Waals surface area (Å²) >= 11 is 4.66. The van der Waals surface area contributed by atoms with E-state index < -0.39 is 16.7 Å². The fraction of sp³-hybridized carbons (Fsp3) is 0. The maximum Gasteiger partial charge on any atom is 0.276 e. The van der Waals surface area contributed by atoms with Gasteiger partial charge in [-0.15, -0.1) is 0 Å². The molecule has 0 bridgehead atoms. The van der Waals surface area contributed by atoms with Gasteiger partial charge in [-0.1, -0.05) is 18.2 Å². The Morgan fingerprint density at radius 2 is 1.76 bits per heavy atom. The summed E-state index contributed by atoms with van der Waals surface area (Å²) in [5, 5.41) is 15.4. The molecule has 0 spiro atoms. The summed E-state index contributed by atoms with van der Waals surface area (Å²) in [6.07, 6.45) is 4.10. The highest BCUT2D eigenvalue weighted by molar-refractivity contribution is 7.80. The van der Waals surface area contributed by atoms with Crippen LogP contribution < -0.4 is 10.6 Å². The molecule has 0 unspecified atom stereocenters. The van der Waals surface area contributed by atoms with E-state index in [4.69, 9.17) is 0 Å². The molecular weight excluding hydrogens is 294 g/mol. The molecule has 0 aromatic heterocycles. The SMILES string of the molecule is O=C1NC(=S)NC(=O)C1=CC=Cc1ccccc1[N+](=O)[O-]. The van der Waals surface area contributed by atoms with Crippen molar-refractivity contribution in [1.82, 2.24) is 10.6 Å². The predicted molar refractivity (Wildman–Crippen MR) is 79.1 cm³/mol. The van der Waals surface area contributed by atoms with Crippen LogP contribution in [0.25, 0.3) is 6.08 Å². The molecule has 1 aliphatic rings. The number of hydrogen-bond donors (Lipinski definition) is 2. The smallest absolute Gasteiger partial charge is 0.276 e. The summed E-state index contributed by atoms with van der Waals surface area (Å²) < 4.78 is 0. The van der Waals surface area contributed by atoms with Crippen molar-refractivity contribution >= 4 is 40.9 Å². The normalized spacial score (nSPS) is 14.9. The summed E-state index contributed by atoms with van der Waals surface area (Å²) in [5.41, 5.74) is 0.177. The van der Waals surface area contributed by atoms with Gasteiger partial charge in [-0.05, 0) is 30.4 Å². The van der Waals surface area contributed by atoms with E-state index in [0.29, 0.717) is 5.56 Å². The van der Waals surface area contributed by atoms with E-state index in [-0.39, 0.29) is 16.4 Å². The zero-order chi connectivity index (χ0) is 15.4. The van der Waals surface area contributed by atoms with Crippen LogP contribution in [0.3, 0.4) is 0 Å². The average Bonchev–Trinajstić information content (AvgIpc) is 2.42. The first-order valence-corrected chi connectivity index (χ1v) is 6.18. The Balaban J connectivity index is 2.24. The Morgan fingerprint density at radius 3 is 2.38 bits per heavy atom. The van der Waals surface area contributed by atoms with Gasteiger partial charge in [0.1, 0.15) is 5.57 Å². The van der Waals surface area contributed by atoms with Crippen molar-refractivity contribution in [3.63, 3.8) is 0 Å². The van der Waals surface area contributed by atoms with Crippen LogP contribution in [0.2, 0.25) is 0 Å². The van der Waals surface area contributed by atoms with Crippen molar-refractivity contribution in [3.05, 3.63) is 57.7 Å². The lowest BCUT2D eigenvalue weighted by Gasteiger charge is -2.15. The highest BCUT2D eigenvalue weighted by atomic mass is 32.1. The Morgan fingerprint density at radius 1 is 1.14 bits per heavy atom. The molecule has 0 atom stereocenters. The molecule has 2 amide bonds. The number of nitrogens with one attached hydrogen (secondary N) is 2. The third-order valence-corrected chi connectivity index (χ3v) is 2.82. The number of rotatable bonds is 3. The molecular formula is C13H9N3O4S. The highest BCUT2D eigenvalue weighted by Crippen LogP contribution is 2.19. The number of carbonyl (C=O) groups is 2. The first-order valence-electron chi connectivity index (χ1n) is 5.77. The second-order valence-electron chi connectivity index (χ2n) is 3.99. The Hall–Kier alpha value is -2.87. The van der Waals surface area contributed by atoms with Crippen molar-refractivity contribution in [2.24, 2.45) is 0 Å². The van der Waals surface area contributed by atoms with Crippen LogP contribution in [0.1, 0.15) is 5.56 Å². The molecule has 1 aromatic carbocycles. The van der Waals surface area contributed by atoms with E-state index >= 15 is 0 Å². The van der Waals surface area contributed by atoms with Crippen molar-refractivity contribution in [2.75, 3.05) is 0 Å². The van der Waals surface area contributed by atoms with E-state index in [0.717, 1.165) is 0 Å². The van der Waals surface area contributed by atoms with Crippen LogP contribution in [0.5, 0.6) is 0 Å². The lowest BCUT2D eigenvalue weighted by Crippen LogP contribution is -2.51. The zero-order valence-corrected chi connectivity index (χ0v) is 11.3. The van der Waals surface area contributed by atoms with E-state index in [1.165, 1.54) is 24.3 Å². The number of para-hydroxylation sites is 1. The van der Waals surface area contributed by atoms with Crippen molar-refractivity contribution in [3.8, 4) is 0 Å². The molecule has 1 fully saturated rings. The molecule has 2 N–H and O–H groups in total. The van der Waals surface area contributed by atoms with Crippen LogP contribution in [0.4, 0.5) is 5.69 Å². The molecule has 0 aliphatic carbocycles. The maximum atomic E-state index is 11.6. The van der Waals surface area contributed by atoms with Gasteiger partial charge in [0, 0.05) is 6.07 Å². The van der Waals surface area contributed by atoms with Gasteiger partial charge in [0.25, 0.3) is 17.5 Å². The number of nitro benzene ring substituents is 1. The van der Waals surface area contributed by atoms with Crippen LogP contribution in [0, 0.1) is 10.1 Å². The fourth-order valence-electron chi connectivity index (χ4n) is 1.67. The van der Waals surface area contributed by atoms with E-state index in [9.17, 15) is 19.7 Å². The Bertz CT molecular complexity index is 687. The second-order valence-corrected chi connectivity index (χ2v) is 4.40. The molecule has 21 heavy (non-hydrogen) atoms.